The summed E-state index contributed by atoms with van der Waals surface area (Å²) < 4.78 is 50.8. The summed E-state index contributed by atoms with van der Waals surface area (Å²) in [4.78, 5) is 47.4. The lowest BCUT2D eigenvalue weighted by Gasteiger charge is -2.31. The van der Waals surface area contributed by atoms with Crippen LogP contribution >= 0.6 is 15.6 Å². The van der Waals surface area contributed by atoms with Crippen molar-refractivity contribution in [3.63, 3.8) is 0 Å². The maximum atomic E-state index is 12.3. The number of aromatic carboxylic acids is 1. The number of aliphatic hydroxyl groups excluding tert-OH is 4. The summed E-state index contributed by atoms with van der Waals surface area (Å²) in [5, 5.41) is 52.5. The van der Waals surface area contributed by atoms with Crippen LogP contribution in [0.4, 0.5) is 5.82 Å². The fourth-order valence-corrected chi connectivity index (χ4v) is 6.55. The van der Waals surface area contributed by atoms with Crippen molar-refractivity contribution >= 4 is 38.6 Å². The predicted octanol–water partition coefficient (Wildman–Crippen LogP) is -5.02. The highest BCUT2D eigenvalue weighted by atomic mass is 31.3. The second-order valence-electron chi connectivity index (χ2n) is 9.57. The molecule has 2 fully saturated rings. The van der Waals surface area contributed by atoms with E-state index < -0.39 is 83.9 Å². The topological polar surface area (TPSA) is 321 Å². The van der Waals surface area contributed by atoms with Crippen molar-refractivity contribution in [2.24, 2.45) is 0 Å². The normalized spacial score (nSPS) is 31.6. The lowest BCUT2D eigenvalue weighted by Crippen LogP contribution is -2.46. The average Bonchev–Trinajstić information content (AvgIpc) is 3.61. The van der Waals surface area contributed by atoms with Crippen LogP contribution in [-0.2, 0) is 32.0 Å². The van der Waals surface area contributed by atoms with Gasteiger partial charge in [-0.3, -0.25) is 13.7 Å². The largest absolute Gasteiger partial charge is 0.756 e. The maximum Gasteiger partial charge on any atom is 0.292 e. The number of carboxylic acid groups (broad SMARTS) is 1. The number of hydrogen-bond donors (Lipinski definition) is 5. The molecule has 0 saturated carbocycles. The number of aliphatic hydroxyl groups is 4. The van der Waals surface area contributed by atoms with Gasteiger partial charge >= 0.3 is 0 Å². The second kappa shape index (κ2) is 12.4. The molecule has 44 heavy (non-hydrogen) atoms. The fourth-order valence-electron chi connectivity index (χ4n) is 4.54. The van der Waals surface area contributed by atoms with Crippen LogP contribution in [0.2, 0.25) is 0 Å². The number of phosphoric ester groups is 2. The minimum Gasteiger partial charge on any atom is -0.756 e. The predicted molar refractivity (Wildman–Crippen MR) is 131 cm³/mol. The maximum absolute atomic E-state index is 12.3. The number of carbonyl (C=O) groups is 1. The van der Waals surface area contributed by atoms with E-state index in [-0.39, 0.29) is 22.5 Å². The van der Waals surface area contributed by atoms with Crippen molar-refractivity contribution in [3.8, 4) is 0 Å². The molecule has 0 aromatic carbocycles. The molecule has 2 unspecified atom stereocenters. The molecule has 0 radical (unpaired) electrons. The molecule has 2 saturated heterocycles. The number of pyridine rings is 1. The van der Waals surface area contributed by atoms with Gasteiger partial charge in [-0.1, -0.05) is 0 Å². The molecule has 23 heteroatoms. The van der Waals surface area contributed by atoms with Crippen LogP contribution in [0.25, 0.3) is 11.2 Å². The molecule has 0 bridgehead atoms. The summed E-state index contributed by atoms with van der Waals surface area (Å²) in [5.41, 5.74) is 5.76. The number of nitrogens with two attached hydrogens (primary N) is 1. The quantitative estimate of drug-likeness (QED) is 0.0947. The molecule has 2 aliphatic heterocycles. The number of anilines is 1. The van der Waals surface area contributed by atoms with Crippen molar-refractivity contribution in [1.29, 1.82) is 0 Å². The van der Waals surface area contributed by atoms with E-state index in [0.29, 0.717) is 0 Å². The van der Waals surface area contributed by atoms with Crippen molar-refractivity contribution in [3.05, 3.63) is 42.7 Å². The van der Waals surface area contributed by atoms with E-state index in [0.717, 1.165) is 17.1 Å². The molecule has 6 N–H and O–H groups in total. The summed E-state index contributed by atoms with van der Waals surface area (Å²) in [6.45, 7) is -2.03. The zero-order valence-electron chi connectivity index (χ0n) is 22.0. The van der Waals surface area contributed by atoms with Gasteiger partial charge in [0, 0.05) is 6.07 Å². The van der Waals surface area contributed by atoms with Crippen LogP contribution in [0.5, 0.6) is 0 Å². The number of fused-ring (bicyclic) bond motifs is 1. The molecular formula is C21H24N6O15P2-2. The highest BCUT2D eigenvalue weighted by Gasteiger charge is 2.49. The van der Waals surface area contributed by atoms with E-state index >= 15 is 0 Å². The zero-order chi connectivity index (χ0) is 32.0. The van der Waals surface area contributed by atoms with Gasteiger partial charge in [-0.15, -0.1) is 0 Å². The Morgan fingerprint density at radius 1 is 1.00 bits per heavy atom. The molecule has 0 amide bonds. The number of carbonyl (C=O) groups excluding carboxylic acids is 1. The standard InChI is InChI=1S/C21H26N6O15P2/c22-17-12-18(24-7-23-17)27(8-25-12)20-16(31)14(29)11(41-20)6-39-44(36,37)42-43(34,35)38-5-10-13(28)15(30)19(40-10)26-3-1-2-9(4-26)21(32)33/h1-4,7-8,10-11,13-16,19-20,28-31H,5-6H2,(H4-,22,23,24,32,33,34,35,36,37)/p-2/t10-,11-,13-,14-,15-,16-,19-,20-/m1/s1. The smallest absolute Gasteiger partial charge is 0.292 e. The number of rotatable bonds is 11. The van der Waals surface area contributed by atoms with Gasteiger partial charge in [0.2, 0.25) is 0 Å². The first-order valence-corrected chi connectivity index (χ1v) is 15.4. The summed E-state index contributed by atoms with van der Waals surface area (Å²) >= 11 is 0. The number of phosphoric acid groups is 2. The van der Waals surface area contributed by atoms with Crippen LogP contribution in [0.3, 0.4) is 0 Å². The Hall–Kier alpha value is -3.01. The van der Waals surface area contributed by atoms with Gasteiger partial charge in [0.05, 0.1) is 31.1 Å². The Bertz CT molecular complexity index is 1630. The van der Waals surface area contributed by atoms with E-state index in [1.165, 1.54) is 29.2 Å². The number of imidazole rings is 1. The zero-order valence-corrected chi connectivity index (χ0v) is 23.8. The van der Waals surface area contributed by atoms with Crippen LogP contribution in [0, 0.1) is 0 Å². The monoisotopic (exact) mass is 662 g/mol. The number of nitrogens with zero attached hydrogens (tertiary/aromatic N) is 5. The Labute approximate surface area is 245 Å². The molecule has 21 nitrogen and oxygen atoms in total. The Morgan fingerprint density at radius 3 is 2.30 bits per heavy atom. The van der Waals surface area contributed by atoms with E-state index in [9.17, 15) is 49.2 Å². The second-order valence-corrected chi connectivity index (χ2v) is 12.5. The number of carboxylic acids is 1. The fraction of sp³-hybridized carbons (Fsp3) is 0.476. The molecule has 10 atom stereocenters. The van der Waals surface area contributed by atoms with E-state index in [4.69, 9.17) is 15.2 Å². The van der Waals surface area contributed by atoms with Gasteiger partial charge in [0.1, 0.15) is 42.4 Å². The molecule has 5 heterocycles. The molecule has 3 aromatic rings. The minimum absolute atomic E-state index is 0.0301. The van der Waals surface area contributed by atoms with Crippen molar-refractivity contribution in [2.45, 2.75) is 49.1 Å². The SMILES string of the molecule is Nc1ncnc2c1ncn2[C@@H]1O[C@H](COP(=O)([O-])OP(=O)([O-])OC[C@H]2O[C@@H]([n+]3cccc(C(=O)[O-])c3)[C@H](O)[C@@H]2O)[C@@H](O)[C@H]1O. The van der Waals surface area contributed by atoms with Crippen molar-refractivity contribution in [1.82, 2.24) is 19.5 Å². The Balaban J connectivity index is 1.16. The van der Waals surface area contributed by atoms with Crippen LogP contribution < -0.4 is 25.2 Å². The Kier molecular flexibility index (Phi) is 9.13. The third-order valence-electron chi connectivity index (χ3n) is 6.68. The van der Waals surface area contributed by atoms with Crippen molar-refractivity contribution in [2.75, 3.05) is 18.9 Å². The van der Waals surface area contributed by atoms with E-state index in [1.807, 2.05) is 0 Å². The lowest BCUT2D eigenvalue weighted by molar-refractivity contribution is -0.765. The van der Waals surface area contributed by atoms with E-state index in [2.05, 4.69) is 28.3 Å². The molecule has 5 rings (SSSR count). The molecule has 240 valence electrons. The molecule has 2 aliphatic rings. The summed E-state index contributed by atoms with van der Waals surface area (Å²) in [6, 6.07) is 2.50. The van der Waals surface area contributed by atoms with Gasteiger partial charge in [-0.25, -0.2) is 19.3 Å². The highest BCUT2D eigenvalue weighted by Crippen LogP contribution is 2.56. The minimum atomic E-state index is -5.71. The van der Waals surface area contributed by atoms with Crippen LogP contribution in [0.15, 0.2) is 37.2 Å². The molecule has 0 aliphatic carbocycles. The van der Waals surface area contributed by atoms with Gasteiger partial charge in [-0.05, 0) is 6.07 Å². The number of aromatic nitrogens is 5. The summed E-state index contributed by atoms with van der Waals surface area (Å²) in [6.07, 6.45) is -7.82. The first-order chi connectivity index (χ1) is 20.7. The van der Waals surface area contributed by atoms with Crippen LogP contribution in [-0.4, -0.2) is 95.8 Å². The third-order valence-corrected chi connectivity index (χ3v) is 9.21. The van der Waals surface area contributed by atoms with Gasteiger partial charge in [-0.2, -0.15) is 4.57 Å². The molecule has 3 aromatic heterocycles. The number of hydrogen-bond acceptors (Lipinski definition) is 19. The van der Waals surface area contributed by atoms with Gasteiger partial charge in [0.15, 0.2) is 36.2 Å². The van der Waals surface area contributed by atoms with Gasteiger partial charge in [0.25, 0.3) is 21.9 Å². The molecule has 0 spiro atoms. The van der Waals surface area contributed by atoms with Crippen LogP contribution in [0.1, 0.15) is 22.8 Å². The first-order valence-electron chi connectivity index (χ1n) is 12.5. The van der Waals surface area contributed by atoms with Gasteiger partial charge < -0.3 is 64.4 Å². The number of ether oxygens (including phenoxy) is 2. The summed E-state index contributed by atoms with van der Waals surface area (Å²) in [5.74, 6) is -1.50. The van der Waals surface area contributed by atoms with E-state index in [1.54, 1.807) is 0 Å². The Morgan fingerprint density at radius 2 is 1.64 bits per heavy atom. The van der Waals surface area contributed by atoms with Crippen molar-refractivity contribution < 1.29 is 76.6 Å². The average molecular weight is 662 g/mol. The highest BCUT2D eigenvalue weighted by molar-refractivity contribution is 7.59. The number of nitrogen functional groups attached to an aromatic ring is 1. The lowest BCUT2D eigenvalue weighted by atomic mass is 10.1. The third kappa shape index (κ3) is 6.65. The molecular weight excluding hydrogens is 638 g/mol. The summed E-state index contributed by atoms with van der Waals surface area (Å²) in [7, 11) is -11.4. The first kappa shape index (κ1) is 32.4.